The summed E-state index contributed by atoms with van der Waals surface area (Å²) in [5, 5.41) is 11.2. The second-order valence-electron chi connectivity index (χ2n) is 7.52. The number of amides is 1. The van der Waals surface area contributed by atoms with Crippen LogP contribution in [0.2, 0.25) is 0 Å². The van der Waals surface area contributed by atoms with Crippen LogP contribution < -0.4 is 15.4 Å². The summed E-state index contributed by atoms with van der Waals surface area (Å²) in [4.78, 5) is 30.2. The zero-order valence-electron chi connectivity index (χ0n) is 16.9. The van der Waals surface area contributed by atoms with Crippen LogP contribution in [0.15, 0.2) is 88.2 Å². The molecule has 0 bridgehead atoms. The van der Waals surface area contributed by atoms with Crippen molar-refractivity contribution in [2.24, 2.45) is 4.99 Å². The minimum absolute atomic E-state index is 0.243. The molecule has 2 N–H and O–H groups in total. The van der Waals surface area contributed by atoms with Crippen molar-refractivity contribution in [2.45, 2.75) is 6.42 Å². The predicted molar refractivity (Wildman–Crippen MR) is 126 cm³/mol. The van der Waals surface area contributed by atoms with Gasteiger partial charge in [-0.25, -0.2) is 4.99 Å². The van der Waals surface area contributed by atoms with E-state index < -0.39 is 5.91 Å². The highest BCUT2D eigenvalue weighted by atomic mass is 32.1. The fourth-order valence-corrected chi connectivity index (χ4v) is 4.37. The summed E-state index contributed by atoms with van der Waals surface area (Å²) in [7, 11) is 0. The standard InChI is InChI=1S/C26H18N2O3S/c29-24-21(15-23-25(30)28-26(31)32-23)14-20-13-17(8-11-22(20)27-24)12-16-6-9-19(10-7-16)18-4-2-1-3-5-18/h1-11,13-15,30H,12H2,(H,28,31). The summed E-state index contributed by atoms with van der Waals surface area (Å²) >= 11 is 0.844. The first kappa shape index (κ1) is 19.9. The van der Waals surface area contributed by atoms with Crippen LogP contribution in [0, 0.1) is 0 Å². The van der Waals surface area contributed by atoms with E-state index in [1.54, 1.807) is 6.08 Å². The van der Waals surface area contributed by atoms with Crippen molar-refractivity contribution < 1.29 is 9.90 Å². The average molecular weight is 439 g/mol. The van der Waals surface area contributed by atoms with Crippen LogP contribution in [0.1, 0.15) is 16.0 Å². The van der Waals surface area contributed by atoms with E-state index >= 15 is 0 Å². The van der Waals surface area contributed by atoms with E-state index in [9.17, 15) is 14.7 Å². The fraction of sp³-hybridized carbons (Fsp3) is 0.0385. The highest BCUT2D eigenvalue weighted by Crippen LogP contribution is 2.22. The van der Waals surface area contributed by atoms with Crippen molar-refractivity contribution in [2.75, 3.05) is 0 Å². The average Bonchev–Trinajstić information content (AvgIpc) is 3.12. The number of thiazole rings is 1. The third-order valence-electron chi connectivity index (χ3n) is 5.28. The molecule has 0 unspecified atom stereocenters. The van der Waals surface area contributed by atoms with Gasteiger partial charge in [0.05, 0.1) is 10.2 Å². The lowest BCUT2D eigenvalue weighted by atomic mass is 9.99. The van der Waals surface area contributed by atoms with Crippen molar-refractivity contribution in [3.63, 3.8) is 0 Å². The van der Waals surface area contributed by atoms with Gasteiger partial charge in [0.1, 0.15) is 0 Å². The van der Waals surface area contributed by atoms with Gasteiger partial charge in [0.15, 0.2) is 0 Å². The Morgan fingerprint density at radius 3 is 2.34 bits per heavy atom. The second-order valence-corrected chi connectivity index (χ2v) is 8.54. The number of H-pyrrole nitrogens is 1. The Kier molecular flexibility index (Phi) is 5.13. The Bertz CT molecular complexity index is 1530. The largest absolute Gasteiger partial charge is 0.493 e. The van der Waals surface area contributed by atoms with Gasteiger partial charge in [0, 0.05) is 10.8 Å². The van der Waals surface area contributed by atoms with Gasteiger partial charge in [-0.3, -0.25) is 14.6 Å². The molecule has 1 aliphatic rings. The van der Waals surface area contributed by atoms with E-state index in [2.05, 4.69) is 46.4 Å². The third kappa shape index (κ3) is 4.08. The van der Waals surface area contributed by atoms with E-state index in [4.69, 9.17) is 0 Å². The van der Waals surface area contributed by atoms with Crippen LogP contribution >= 0.6 is 11.3 Å². The van der Waals surface area contributed by atoms with Gasteiger partial charge >= 0.3 is 4.87 Å². The number of nitrogens with one attached hydrogen (secondary N) is 1. The Hall–Kier alpha value is -4.03. The van der Waals surface area contributed by atoms with Crippen LogP contribution in [0.3, 0.4) is 0 Å². The normalized spacial score (nSPS) is 14.0. The molecule has 5 rings (SSSR count). The minimum atomic E-state index is -0.401. The number of carbonyl (C=O) groups is 1. The lowest BCUT2D eigenvalue weighted by Gasteiger charge is -2.07. The van der Waals surface area contributed by atoms with Crippen LogP contribution in [-0.2, 0) is 11.2 Å². The number of aromatic hydroxyl groups is 1. The summed E-state index contributed by atoms with van der Waals surface area (Å²) in [6.07, 6.45) is 3.99. The summed E-state index contributed by atoms with van der Waals surface area (Å²) in [6, 6.07) is 24.6. The molecule has 0 saturated carbocycles. The number of aromatic nitrogens is 1. The fourth-order valence-electron chi connectivity index (χ4n) is 3.69. The van der Waals surface area contributed by atoms with Gasteiger partial charge in [0.25, 0.3) is 5.91 Å². The highest BCUT2D eigenvalue weighted by molar-refractivity contribution is 7.10. The van der Waals surface area contributed by atoms with Crippen molar-refractivity contribution in [1.82, 2.24) is 4.98 Å². The smallest absolute Gasteiger partial charge is 0.307 e. The van der Waals surface area contributed by atoms with Crippen molar-refractivity contribution in [3.8, 4) is 17.0 Å². The number of hydrogen-bond acceptors (Lipinski definition) is 4. The molecule has 1 aliphatic heterocycles. The number of benzene rings is 3. The Morgan fingerprint density at radius 1 is 0.906 bits per heavy atom. The van der Waals surface area contributed by atoms with Gasteiger partial charge in [-0.1, -0.05) is 72.0 Å². The Morgan fingerprint density at radius 2 is 1.62 bits per heavy atom. The number of fused-ring (bicyclic) bond motifs is 1. The highest BCUT2D eigenvalue weighted by Gasteiger charge is 2.13. The monoisotopic (exact) mass is 438 g/mol. The first-order valence-corrected chi connectivity index (χ1v) is 10.9. The first-order chi connectivity index (χ1) is 15.5. The quantitative estimate of drug-likeness (QED) is 0.479. The number of carbonyl (C=O) groups excluding carboxylic acids is 1. The van der Waals surface area contributed by atoms with Gasteiger partial charge < -0.3 is 5.11 Å². The molecule has 0 spiro atoms. The number of nitrogens with zero attached hydrogens (tertiary/aromatic N) is 1. The van der Waals surface area contributed by atoms with E-state index in [1.165, 1.54) is 22.8 Å². The lowest BCUT2D eigenvalue weighted by Crippen LogP contribution is -2.30. The van der Waals surface area contributed by atoms with Crippen LogP contribution in [0.4, 0.5) is 0 Å². The van der Waals surface area contributed by atoms with Gasteiger partial charge in [-0.05, 0) is 53.0 Å². The molecule has 6 heteroatoms. The molecule has 32 heavy (non-hydrogen) atoms. The summed E-state index contributed by atoms with van der Waals surface area (Å²) in [5.74, 6) is -0.644. The maximum Gasteiger partial charge on any atom is 0.307 e. The van der Waals surface area contributed by atoms with E-state index in [1.807, 2.05) is 36.4 Å². The van der Waals surface area contributed by atoms with E-state index in [0.29, 0.717) is 15.8 Å². The molecule has 0 fully saturated rings. The van der Waals surface area contributed by atoms with Crippen LogP contribution in [0.5, 0.6) is 5.88 Å². The molecule has 0 aliphatic carbocycles. The number of hydrogen-bond donors (Lipinski definition) is 2. The first-order valence-electron chi connectivity index (χ1n) is 10.1. The Labute approximate surface area is 187 Å². The SMILES string of the molecule is O=C1N=c2ccc(Cc3ccc(-c4ccccc4)cc3)cc2=CC1=Cc1sc(=O)[nH]c1O. The number of aromatic amines is 1. The molecule has 2 heterocycles. The van der Waals surface area contributed by atoms with Crippen molar-refractivity contribution in [1.29, 1.82) is 0 Å². The predicted octanol–water partition coefficient (Wildman–Crippen LogP) is 3.42. The molecule has 5 nitrogen and oxygen atoms in total. The summed E-state index contributed by atoms with van der Waals surface area (Å²) < 4.78 is 0. The Balaban J connectivity index is 1.44. The van der Waals surface area contributed by atoms with Gasteiger partial charge in [0.2, 0.25) is 5.88 Å². The van der Waals surface area contributed by atoms with Crippen molar-refractivity contribution >= 4 is 29.4 Å². The third-order valence-corrected chi connectivity index (χ3v) is 6.10. The zero-order valence-corrected chi connectivity index (χ0v) is 17.7. The molecule has 1 amide bonds. The maximum atomic E-state index is 12.4. The van der Waals surface area contributed by atoms with Crippen LogP contribution in [-0.4, -0.2) is 16.0 Å². The molecule has 0 saturated heterocycles. The maximum absolute atomic E-state index is 12.4. The molecule has 156 valence electrons. The van der Waals surface area contributed by atoms with Crippen molar-refractivity contribution in [3.05, 3.63) is 115 Å². The van der Waals surface area contributed by atoms with Crippen LogP contribution in [0.25, 0.3) is 23.3 Å². The van der Waals surface area contributed by atoms with Gasteiger partial charge in [-0.2, -0.15) is 0 Å². The minimum Gasteiger partial charge on any atom is -0.493 e. The summed E-state index contributed by atoms with van der Waals surface area (Å²) in [5.41, 5.74) is 4.98. The molecule has 3 aromatic carbocycles. The molecular weight excluding hydrogens is 420 g/mol. The molecular formula is C26H18N2O3S. The number of rotatable bonds is 4. The molecule has 0 radical (unpaired) electrons. The topological polar surface area (TPSA) is 82.5 Å². The summed E-state index contributed by atoms with van der Waals surface area (Å²) in [6.45, 7) is 0. The molecule has 0 atom stereocenters. The second kappa shape index (κ2) is 8.24. The van der Waals surface area contributed by atoms with E-state index in [-0.39, 0.29) is 10.8 Å². The molecule has 1 aromatic heterocycles. The zero-order chi connectivity index (χ0) is 22.1. The van der Waals surface area contributed by atoms with Gasteiger partial charge in [-0.15, -0.1) is 0 Å². The molecule has 4 aromatic rings. The lowest BCUT2D eigenvalue weighted by molar-refractivity contribution is -0.114. The van der Waals surface area contributed by atoms with E-state index in [0.717, 1.165) is 28.5 Å².